The number of nitrogens with one attached hydrogen (secondary N) is 1. The van der Waals surface area contributed by atoms with Crippen molar-refractivity contribution in [2.75, 3.05) is 32.8 Å². The summed E-state index contributed by atoms with van der Waals surface area (Å²) in [4.78, 5) is 17.7. The number of hydrogen-bond donors (Lipinski definition) is 1. The molecule has 1 aliphatic rings. The van der Waals surface area contributed by atoms with E-state index in [0.717, 1.165) is 28.0 Å². The minimum absolute atomic E-state index is 0.143. The maximum atomic E-state index is 12.9. The van der Waals surface area contributed by atoms with E-state index in [1.165, 1.54) is 10.4 Å². The summed E-state index contributed by atoms with van der Waals surface area (Å²) in [5, 5.41) is 0.924. The Balaban J connectivity index is 1.45. The lowest BCUT2D eigenvalue weighted by Crippen LogP contribution is -2.50. The van der Waals surface area contributed by atoms with Gasteiger partial charge in [0, 0.05) is 43.1 Å². The smallest absolute Gasteiger partial charge is 0.270 e. The molecule has 0 bridgehead atoms. The summed E-state index contributed by atoms with van der Waals surface area (Å²) in [6.45, 7) is 3.65. The second kappa shape index (κ2) is 7.98. The van der Waals surface area contributed by atoms with Crippen LogP contribution in [-0.4, -0.2) is 61.3 Å². The first kappa shape index (κ1) is 20.2. The van der Waals surface area contributed by atoms with Gasteiger partial charge in [-0.3, -0.25) is 4.79 Å². The number of thiophene rings is 1. The average molecular weight is 454 g/mol. The normalized spacial score (nSPS) is 15.7. The monoisotopic (exact) mass is 453 g/mol. The molecule has 3 heterocycles. The van der Waals surface area contributed by atoms with E-state index < -0.39 is 10.0 Å². The van der Waals surface area contributed by atoms with E-state index in [9.17, 15) is 13.2 Å². The van der Waals surface area contributed by atoms with Gasteiger partial charge in [-0.15, -0.1) is 11.3 Å². The second-order valence-electron chi connectivity index (χ2n) is 6.62. The van der Waals surface area contributed by atoms with Gasteiger partial charge in [-0.25, -0.2) is 8.42 Å². The zero-order valence-electron chi connectivity index (χ0n) is 15.7. The summed E-state index contributed by atoms with van der Waals surface area (Å²) in [6.07, 6.45) is 0. The molecule has 1 fully saturated rings. The summed E-state index contributed by atoms with van der Waals surface area (Å²) in [5.41, 5.74) is 1.31. The van der Waals surface area contributed by atoms with Crippen molar-refractivity contribution in [3.63, 3.8) is 0 Å². The first-order valence-electron chi connectivity index (χ1n) is 9.19. The number of hydrogen-bond acceptors (Lipinski definition) is 5. The standard InChI is InChI=1S/C19H20ClN3O4S2/c1-2-27-14-4-3-13-11-16(21-15(13)12-14)19(24)22-7-9-23(10-8-22)29(25,26)18-6-5-17(20)28-18/h3-6,11-12,21H,2,7-10H2,1H3. The zero-order valence-corrected chi connectivity index (χ0v) is 18.1. The van der Waals surface area contributed by atoms with Crippen LogP contribution in [0.25, 0.3) is 10.9 Å². The number of piperazine rings is 1. The number of amides is 1. The third kappa shape index (κ3) is 4.00. The Hall–Kier alpha value is -2.07. The number of carbonyl (C=O) groups excluding carboxylic acids is 1. The quantitative estimate of drug-likeness (QED) is 0.641. The summed E-state index contributed by atoms with van der Waals surface area (Å²) < 4.78 is 33.0. The van der Waals surface area contributed by atoms with Gasteiger partial charge in [-0.1, -0.05) is 11.6 Å². The van der Waals surface area contributed by atoms with E-state index in [1.54, 1.807) is 11.0 Å². The number of sulfonamides is 1. The fourth-order valence-electron chi connectivity index (χ4n) is 3.34. The van der Waals surface area contributed by atoms with Crippen LogP contribution < -0.4 is 4.74 Å². The summed E-state index contributed by atoms with van der Waals surface area (Å²) in [6, 6.07) is 10.5. The molecule has 4 rings (SSSR count). The highest BCUT2D eigenvalue weighted by atomic mass is 35.5. The first-order valence-corrected chi connectivity index (χ1v) is 11.8. The van der Waals surface area contributed by atoms with Crippen LogP contribution in [0.4, 0.5) is 0 Å². The molecule has 1 amide bonds. The van der Waals surface area contributed by atoms with Crippen LogP contribution in [0.5, 0.6) is 5.75 Å². The van der Waals surface area contributed by atoms with Crippen molar-refractivity contribution in [2.24, 2.45) is 0 Å². The zero-order chi connectivity index (χ0) is 20.6. The molecular weight excluding hydrogens is 434 g/mol. The van der Waals surface area contributed by atoms with Crippen LogP contribution in [0.2, 0.25) is 4.34 Å². The molecule has 0 unspecified atom stereocenters. The van der Waals surface area contributed by atoms with Gasteiger partial charge in [0.2, 0.25) is 0 Å². The number of carbonyl (C=O) groups is 1. The van der Waals surface area contributed by atoms with Gasteiger partial charge in [-0.05, 0) is 37.3 Å². The second-order valence-corrected chi connectivity index (χ2v) is 10.5. The van der Waals surface area contributed by atoms with Gasteiger partial charge < -0.3 is 14.6 Å². The van der Waals surface area contributed by atoms with E-state index in [2.05, 4.69) is 4.98 Å². The highest BCUT2D eigenvalue weighted by Gasteiger charge is 2.31. The van der Waals surface area contributed by atoms with Gasteiger partial charge >= 0.3 is 0 Å². The number of fused-ring (bicyclic) bond motifs is 1. The summed E-state index contributed by atoms with van der Waals surface area (Å²) in [5.74, 6) is 0.601. The molecule has 1 saturated heterocycles. The Bertz CT molecular complexity index is 1150. The van der Waals surface area contributed by atoms with E-state index >= 15 is 0 Å². The summed E-state index contributed by atoms with van der Waals surface area (Å²) >= 11 is 6.91. The predicted molar refractivity (Wildman–Crippen MR) is 113 cm³/mol. The molecule has 29 heavy (non-hydrogen) atoms. The van der Waals surface area contributed by atoms with Crippen molar-refractivity contribution < 1.29 is 17.9 Å². The van der Waals surface area contributed by atoms with Gasteiger partial charge in [0.15, 0.2) is 0 Å². The summed E-state index contributed by atoms with van der Waals surface area (Å²) in [7, 11) is -3.58. The maximum Gasteiger partial charge on any atom is 0.270 e. The maximum absolute atomic E-state index is 12.9. The largest absolute Gasteiger partial charge is 0.494 e. The topological polar surface area (TPSA) is 82.7 Å². The lowest BCUT2D eigenvalue weighted by Gasteiger charge is -2.33. The third-order valence-electron chi connectivity index (χ3n) is 4.80. The number of H-pyrrole nitrogens is 1. The molecule has 0 saturated carbocycles. The van der Waals surface area contributed by atoms with Crippen molar-refractivity contribution in [3.05, 3.63) is 46.4 Å². The van der Waals surface area contributed by atoms with Gasteiger partial charge in [0.05, 0.1) is 10.9 Å². The highest BCUT2D eigenvalue weighted by molar-refractivity contribution is 7.91. The van der Waals surface area contributed by atoms with Crippen LogP contribution >= 0.6 is 22.9 Å². The highest BCUT2D eigenvalue weighted by Crippen LogP contribution is 2.29. The van der Waals surface area contributed by atoms with E-state index in [0.29, 0.717) is 29.7 Å². The number of benzene rings is 1. The minimum atomic E-state index is -3.58. The average Bonchev–Trinajstić information content (AvgIpc) is 3.34. The molecule has 7 nitrogen and oxygen atoms in total. The Morgan fingerprint density at radius 2 is 1.93 bits per heavy atom. The Morgan fingerprint density at radius 1 is 1.17 bits per heavy atom. The van der Waals surface area contributed by atoms with E-state index in [4.69, 9.17) is 16.3 Å². The van der Waals surface area contributed by atoms with Crippen LogP contribution in [0.15, 0.2) is 40.6 Å². The molecule has 0 radical (unpaired) electrons. The lowest BCUT2D eigenvalue weighted by molar-refractivity contribution is 0.0693. The molecule has 1 aromatic carbocycles. The van der Waals surface area contributed by atoms with E-state index in [-0.39, 0.29) is 23.2 Å². The molecule has 10 heteroatoms. The number of nitrogens with zero attached hydrogens (tertiary/aromatic N) is 2. The van der Waals surface area contributed by atoms with E-state index in [1.807, 2.05) is 31.2 Å². The molecule has 0 aliphatic carbocycles. The van der Waals surface area contributed by atoms with Crippen LogP contribution in [0, 0.1) is 0 Å². The molecule has 0 atom stereocenters. The van der Waals surface area contributed by atoms with Crippen LogP contribution in [0.3, 0.4) is 0 Å². The van der Waals surface area contributed by atoms with Crippen LogP contribution in [0.1, 0.15) is 17.4 Å². The van der Waals surface area contributed by atoms with Gasteiger partial charge in [0.25, 0.3) is 15.9 Å². The van der Waals surface area contributed by atoms with Crippen molar-refractivity contribution >= 4 is 49.8 Å². The fourth-order valence-corrected chi connectivity index (χ4v) is 6.40. The molecular formula is C19H20ClN3O4S2. The first-order chi connectivity index (χ1) is 13.9. The number of ether oxygens (including phenoxy) is 1. The van der Waals surface area contributed by atoms with Crippen molar-refractivity contribution in [2.45, 2.75) is 11.1 Å². The van der Waals surface area contributed by atoms with Crippen LogP contribution in [-0.2, 0) is 10.0 Å². The van der Waals surface area contributed by atoms with Gasteiger partial charge in [0.1, 0.15) is 15.7 Å². The fraction of sp³-hybridized carbons (Fsp3) is 0.316. The molecule has 154 valence electrons. The van der Waals surface area contributed by atoms with Crippen molar-refractivity contribution in [1.82, 2.24) is 14.2 Å². The Morgan fingerprint density at radius 3 is 2.59 bits per heavy atom. The number of aromatic amines is 1. The SMILES string of the molecule is CCOc1ccc2cc(C(=O)N3CCN(S(=O)(=O)c4ccc(Cl)s4)CC3)[nH]c2c1. The van der Waals surface area contributed by atoms with Crippen molar-refractivity contribution in [3.8, 4) is 5.75 Å². The lowest BCUT2D eigenvalue weighted by atomic mass is 10.2. The number of halogens is 1. The Kier molecular flexibility index (Phi) is 5.56. The number of rotatable bonds is 5. The molecule has 3 aromatic rings. The Labute approximate surface area is 177 Å². The van der Waals surface area contributed by atoms with Crippen molar-refractivity contribution in [1.29, 1.82) is 0 Å². The molecule has 0 spiro atoms. The minimum Gasteiger partial charge on any atom is -0.494 e. The number of aromatic nitrogens is 1. The molecule has 1 N–H and O–H groups in total. The third-order valence-corrected chi connectivity index (χ3v) is 8.40. The van der Waals surface area contributed by atoms with Gasteiger partial charge in [-0.2, -0.15) is 4.31 Å². The molecule has 1 aliphatic heterocycles. The predicted octanol–water partition coefficient (Wildman–Crippen LogP) is 3.43. The molecule has 2 aromatic heterocycles.